The SMILES string of the molecule is ClC1=Cc2ccc(Cl)cc2CC1. The van der Waals surface area contributed by atoms with Gasteiger partial charge in [-0.3, -0.25) is 0 Å². The molecule has 1 aromatic carbocycles. The number of fused-ring (bicyclic) bond motifs is 1. The molecule has 0 spiro atoms. The molecule has 62 valence electrons. The van der Waals surface area contributed by atoms with Gasteiger partial charge < -0.3 is 0 Å². The molecule has 0 aromatic heterocycles. The highest BCUT2D eigenvalue weighted by Gasteiger charge is 2.08. The normalized spacial score (nSPS) is 15.3. The van der Waals surface area contributed by atoms with E-state index < -0.39 is 0 Å². The van der Waals surface area contributed by atoms with Gasteiger partial charge in [0, 0.05) is 10.1 Å². The van der Waals surface area contributed by atoms with Crippen LogP contribution in [0.4, 0.5) is 0 Å². The average Bonchev–Trinajstić information content (AvgIpc) is 2.05. The second kappa shape index (κ2) is 3.12. The molecule has 0 unspecified atom stereocenters. The van der Waals surface area contributed by atoms with E-state index in [9.17, 15) is 0 Å². The summed E-state index contributed by atoms with van der Waals surface area (Å²) in [5, 5.41) is 1.74. The molecule has 2 heteroatoms. The van der Waals surface area contributed by atoms with E-state index in [2.05, 4.69) is 0 Å². The number of hydrogen-bond donors (Lipinski definition) is 0. The summed E-state index contributed by atoms with van der Waals surface area (Å²) < 4.78 is 0. The molecule has 0 aliphatic heterocycles. The lowest BCUT2D eigenvalue weighted by Gasteiger charge is -2.12. The zero-order valence-electron chi connectivity index (χ0n) is 6.48. The molecule has 0 heterocycles. The average molecular weight is 199 g/mol. The van der Waals surface area contributed by atoms with Crippen molar-refractivity contribution in [2.24, 2.45) is 0 Å². The molecule has 0 saturated carbocycles. The monoisotopic (exact) mass is 198 g/mol. The fraction of sp³-hybridized carbons (Fsp3) is 0.200. The van der Waals surface area contributed by atoms with Crippen molar-refractivity contribution in [2.75, 3.05) is 0 Å². The van der Waals surface area contributed by atoms with Crippen LogP contribution in [0.25, 0.3) is 6.08 Å². The van der Waals surface area contributed by atoms with Crippen LogP contribution in [0.3, 0.4) is 0 Å². The third-order valence-corrected chi connectivity index (χ3v) is 2.58. The van der Waals surface area contributed by atoms with E-state index in [0.29, 0.717) is 0 Å². The molecular weight excluding hydrogens is 191 g/mol. The summed E-state index contributed by atoms with van der Waals surface area (Å²) in [5.74, 6) is 0. The van der Waals surface area contributed by atoms with Gasteiger partial charge >= 0.3 is 0 Å². The van der Waals surface area contributed by atoms with Gasteiger partial charge in [0.2, 0.25) is 0 Å². The fourth-order valence-electron chi connectivity index (χ4n) is 1.43. The number of halogens is 2. The lowest BCUT2D eigenvalue weighted by molar-refractivity contribution is 0.970. The molecule has 12 heavy (non-hydrogen) atoms. The standard InChI is InChI=1S/C10H8Cl2/c11-9-3-1-7-5-10(12)4-2-8(7)6-9/h1,3,5-6H,2,4H2. The van der Waals surface area contributed by atoms with Crippen molar-refractivity contribution in [3.63, 3.8) is 0 Å². The molecule has 0 N–H and O–H groups in total. The van der Waals surface area contributed by atoms with Crippen molar-refractivity contribution in [3.05, 3.63) is 39.4 Å². The van der Waals surface area contributed by atoms with E-state index >= 15 is 0 Å². The first-order valence-corrected chi connectivity index (χ1v) is 4.66. The molecular formula is C10H8Cl2. The molecule has 0 amide bonds. The fourth-order valence-corrected chi connectivity index (χ4v) is 1.83. The molecule has 1 aromatic rings. The molecule has 0 nitrogen and oxygen atoms in total. The van der Waals surface area contributed by atoms with Crippen LogP contribution in [0.1, 0.15) is 17.5 Å². The predicted octanol–water partition coefficient (Wildman–Crippen LogP) is 3.87. The molecule has 0 atom stereocenters. The van der Waals surface area contributed by atoms with Crippen molar-refractivity contribution in [1.82, 2.24) is 0 Å². The van der Waals surface area contributed by atoms with Crippen LogP contribution in [0.5, 0.6) is 0 Å². The summed E-state index contributed by atoms with van der Waals surface area (Å²) in [5.41, 5.74) is 2.50. The summed E-state index contributed by atoms with van der Waals surface area (Å²) in [4.78, 5) is 0. The number of aryl methyl sites for hydroxylation is 1. The van der Waals surface area contributed by atoms with Gasteiger partial charge in [0.1, 0.15) is 0 Å². The van der Waals surface area contributed by atoms with E-state index in [1.54, 1.807) is 0 Å². The zero-order chi connectivity index (χ0) is 8.55. The van der Waals surface area contributed by atoms with Gasteiger partial charge in [0.15, 0.2) is 0 Å². The van der Waals surface area contributed by atoms with Crippen LogP contribution in [0.2, 0.25) is 5.02 Å². The van der Waals surface area contributed by atoms with Crippen molar-refractivity contribution >= 4 is 29.3 Å². The Kier molecular flexibility index (Phi) is 2.12. The molecule has 0 saturated heterocycles. The minimum absolute atomic E-state index is 0.806. The van der Waals surface area contributed by atoms with Gasteiger partial charge in [-0.1, -0.05) is 29.3 Å². The first-order chi connectivity index (χ1) is 5.75. The van der Waals surface area contributed by atoms with Gasteiger partial charge in [-0.15, -0.1) is 0 Å². The van der Waals surface area contributed by atoms with Gasteiger partial charge in [-0.2, -0.15) is 0 Å². The Morgan fingerprint density at radius 3 is 2.75 bits per heavy atom. The van der Waals surface area contributed by atoms with Gasteiger partial charge in [0.25, 0.3) is 0 Å². The Labute approximate surface area is 81.8 Å². The summed E-state index contributed by atoms with van der Waals surface area (Å²) in [7, 11) is 0. The highest BCUT2D eigenvalue weighted by Crippen LogP contribution is 2.27. The van der Waals surface area contributed by atoms with Crippen LogP contribution < -0.4 is 0 Å². The Morgan fingerprint density at radius 1 is 1.08 bits per heavy atom. The van der Waals surface area contributed by atoms with Gasteiger partial charge in [-0.05, 0) is 42.2 Å². The topological polar surface area (TPSA) is 0 Å². The van der Waals surface area contributed by atoms with Crippen LogP contribution >= 0.6 is 23.2 Å². The quantitative estimate of drug-likeness (QED) is 0.594. The first-order valence-electron chi connectivity index (χ1n) is 3.90. The number of benzene rings is 1. The number of allylic oxidation sites excluding steroid dienone is 1. The summed E-state index contributed by atoms with van der Waals surface area (Å²) in [6, 6.07) is 5.92. The number of rotatable bonds is 0. The van der Waals surface area contributed by atoms with E-state index in [1.807, 2.05) is 24.3 Å². The Morgan fingerprint density at radius 2 is 1.92 bits per heavy atom. The zero-order valence-corrected chi connectivity index (χ0v) is 7.99. The molecule has 1 aliphatic rings. The van der Waals surface area contributed by atoms with Crippen molar-refractivity contribution < 1.29 is 0 Å². The largest absolute Gasteiger partial charge is 0.0891 e. The van der Waals surface area contributed by atoms with Crippen LogP contribution in [0, 0.1) is 0 Å². The lowest BCUT2D eigenvalue weighted by Crippen LogP contribution is -1.95. The lowest BCUT2D eigenvalue weighted by atomic mass is 9.98. The van der Waals surface area contributed by atoms with Crippen molar-refractivity contribution in [1.29, 1.82) is 0 Å². The van der Waals surface area contributed by atoms with E-state index in [0.717, 1.165) is 22.9 Å². The van der Waals surface area contributed by atoms with Crippen molar-refractivity contribution in [2.45, 2.75) is 12.8 Å². The highest BCUT2D eigenvalue weighted by atomic mass is 35.5. The Bertz CT molecular complexity index is 340. The summed E-state index contributed by atoms with van der Waals surface area (Å²) >= 11 is 11.8. The third kappa shape index (κ3) is 1.50. The maximum Gasteiger partial charge on any atom is 0.0409 e. The van der Waals surface area contributed by atoms with Gasteiger partial charge in [0.05, 0.1) is 0 Å². The highest BCUT2D eigenvalue weighted by molar-refractivity contribution is 6.32. The molecule has 0 radical (unpaired) electrons. The van der Waals surface area contributed by atoms with E-state index in [4.69, 9.17) is 23.2 Å². The molecule has 0 bridgehead atoms. The summed E-state index contributed by atoms with van der Waals surface area (Å²) in [6.45, 7) is 0. The second-order valence-electron chi connectivity index (χ2n) is 2.93. The Balaban J connectivity index is 2.51. The predicted molar refractivity (Wildman–Crippen MR) is 53.6 cm³/mol. The molecule has 0 fully saturated rings. The minimum Gasteiger partial charge on any atom is -0.0891 e. The van der Waals surface area contributed by atoms with Crippen LogP contribution in [0.15, 0.2) is 23.2 Å². The van der Waals surface area contributed by atoms with E-state index in [-0.39, 0.29) is 0 Å². The smallest absolute Gasteiger partial charge is 0.0409 e. The first kappa shape index (κ1) is 8.15. The Hall–Kier alpha value is -0.460. The third-order valence-electron chi connectivity index (χ3n) is 2.05. The van der Waals surface area contributed by atoms with Crippen molar-refractivity contribution in [3.8, 4) is 0 Å². The van der Waals surface area contributed by atoms with Gasteiger partial charge in [-0.25, -0.2) is 0 Å². The second-order valence-corrected chi connectivity index (χ2v) is 3.86. The van der Waals surface area contributed by atoms with Crippen LogP contribution in [-0.4, -0.2) is 0 Å². The van der Waals surface area contributed by atoms with E-state index in [1.165, 1.54) is 11.1 Å². The maximum atomic E-state index is 5.91. The molecule has 1 aliphatic carbocycles. The maximum absolute atomic E-state index is 5.91. The number of hydrogen-bond acceptors (Lipinski definition) is 0. The summed E-state index contributed by atoms with van der Waals surface area (Å²) in [6.07, 6.45) is 3.96. The molecule has 2 rings (SSSR count). The van der Waals surface area contributed by atoms with Crippen LogP contribution in [-0.2, 0) is 6.42 Å². The minimum atomic E-state index is 0.806.